The van der Waals surface area contributed by atoms with Crippen molar-refractivity contribution in [1.29, 1.82) is 0 Å². The van der Waals surface area contributed by atoms with Crippen LogP contribution in [0.15, 0.2) is 6.20 Å². The van der Waals surface area contributed by atoms with Crippen LogP contribution in [0.5, 0.6) is 0 Å². The number of thiocarbonyl (C=S) groups is 1. The fourth-order valence-electron chi connectivity index (χ4n) is 0.986. The quantitative estimate of drug-likeness (QED) is 0.368. The summed E-state index contributed by atoms with van der Waals surface area (Å²) >= 11 is 15.8. The van der Waals surface area contributed by atoms with Gasteiger partial charge in [-0.25, -0.2) is 4.98 Å². The Bertz CT molecular complexity index is 421. The van der Waals surface area contributed by atoms with Gasteiger partial charge in [0.15, 0.2) is 0 Å². The van der Waals surface area contributed by atoms with Gasteiger partial charge in [0.05, 0.1) is 0 Å². The van der Waals surface area contributed by atoms with Crippen molar-refractivity contribution in [3.05, 3.63) is 22.1 Å². The molecule has 0 aliphatic heterocycles. The topological polar surface area (TPSA) is 70.2 Å². The summed E-state index contributed by atoms with van der Waals surface area (Å²) in [5.74, 6) is 0.0978. The lowest BCUT2D eigenvalue weighted by Crippen LogP contribution is -2.19. The Hall–Kier alpha value is -0.920. The molecule has 0 aromatic carbocycles. The summed E-state index contributed by atoms with van der Waals surface area (Å²) in [6.07, 6.45) is 1.10. The van der Waals surface area contributed by atoms with Crippen molar-refractivity contribution in [2.24, 2.45) is 0 Å². The summed E-state index contributed by atoms with van der Waals surface area (Å²) in [7, 11) is 0. The highest BCUT2D eigenvalue weighted by molar-refractivity contribution is 7.80. The lowest BCUT2D eigenvalue weighted by atomic mass is 10.7. The van der Waals surface area contributed by atoms with E-state index in [9.17, 15) is 10.1 Å². The van der Waals surface area contributed by atoms with Crippen LogP contribution in [0.1, 0.15) is 5.82 Å². The number of imidazole rings is 1. The predicted octanol–water partition coefficient (Wildman–Crippen LogP) is 2.05. The third-order valence-corrected chi connectivity index (χ3v) is 2.17. The van der Waals surface area contributed by atoms with Gasteiger partial charge in [-0.05, 0) is 4.92 Å². The number of hydrogen-bond donors (Lipinski definition) is 0. The number of halogens is 2. The molecule has 0 unspecified atom stereocenters. The Balaban J connectivity index is 2.90. The van der Waals surface area contributed by atoms with Crippen LogP contribution in [0.4, 0.5) is 5.82 Å². The third-order valence-electron chi connectivity index (χ3n) is 1.62. The van der Waals surface area contributed by atoms with Gasteiger partial charge in [-0.15, -0.1) is 27.8 Å². The molecule has 0 aliphatic carbocycles. The second-order valence-corrected chi connectivity index (χ2v) is 4.35. The summed E-state index contributed by atoms with van der Waals surface area (Å²) in [6, 6.07) is 0. The normalized spacial score (nSPS) is 10.5. The van der Waals surface area contributed by atoms with E-state index in [0.717, 1.165) is 10.8 Å². The Morgan fingerprint density at radius 1 is 1.81 bits per heavy atom. The van der Waals surface area contributed by atoms with Crippen molar-refractivity contribution in [2.45, 2.75) is 11.8 Å². The number of hydrogen-bond acceptors (Lipinski definition) is 5. The highest BCUT2D eigenvalue weighted by Gasteiger charge is 2.23. The molecule has 6 nitrogen and oxygen atoms in total. The number of alkyl halides is 2. The number of nitro groups is 1. The lowest BCUT2D eigenvalue weighted by molar-refractivity contribution is -0.390. The van der Waals surface area contributed by atoms with E-state index in [-0.39, 0.29) is 17.6 Å². The van der Waals surface area contributed by atoms with Gasteiger partial charge in [0.25, 0.3) is 0 Å². The molecule has 9 heteroatoms. The zero-order valence-electron chi connectivity index (χ0n) is 8.09. The van der Waals surface area contributed by atoms with Gasteiger partial charge in [-0.2, -0.15) is 0 Å². The maximum atomic E-state index is 10.7. The molecule has 16 heavy (non-hydrogen) atoms. The van der Waals surface area contributed by atoms with Crippen LogP contribution in [-0.4, -0.2) is 31.1 Å². The molecule has 0 bridgehead atoms. The summed E-state index contributed by atoms with van der Waals surface area (Å²) in [5, 5.41) is 10.6. The molecule has 0 amide bonds. The molecule has 0 saturated heterocycles. The van der Waals surface area contributed by atoms with Crippen LogP contribution < -0.4 is 0 Å². The monoisotopic (exact) mass is 283 g/mol. The lowest BCUT2D eigenvalue weighted by Gasteiger charge is -2.06. The van der Waals surface area contributed by atoms with E-state index in [2.05, 4.69) is 4.98 Å². The van der Waals surface area contributed by atoms with E-state index in [0.29, 0.717) is 5.82 Å². The van der Waals surface area contributed by atoms with Gasteiger partial charge in [0.1, 0.15) is 17.6 Å². The average molecular weight is 284 g/mol. The third kappa shape index (κ3) is 3.03. The van der Waals surface area contributed by atoms with Gasteiger partial charge in [0.2, 0.25) is 5.82 Å². The summed E-state index contributed by atoms with van der Waals surface area (Å²) in [6.45, 7) is 1.53. The van der Waals surface area contributed by atoms with E-state index >= 15 is 0 Å². The molecule has 0 atom stereocenters. The summed E-state index contributed by atoms with van der Waals surface area (Å²) in [4.78, 5) is 13.1. The molecular formula is C7H7Cl2N3O3S. The van der Waals surface area contributed by atoms with Gasteiger partial charge in [-0.3, -0.25) is 0 Å². The maximum Gasteiger partial charge on any atom is 0.362 e. The molecule has 1 aromatic heterocycles. The highest BCUT2D eigenvalue weighted by Crippen LogP contribution is 2.14. The zero-order chi connectivity index (χ0) is 12.3. The van der Waals surface area contributed by atoms with E-state index < -0.39 is 9.76 Å². The number of rotatable bonds is 3. The largest absolute Gasteiger partial charge is 0.450 e. The van der Waals surface area contributed by atoms with Crippen LogP contribution in [0.3, 0.4) is 0 Å². The predicted molar refractivity (Wildman–Crippen MR) is 63.1 cm³/mol. The first-order chi connectivity index (χ1) is 7.43. The molecule has 1 aromatic rings. The first-order valence-corrected chi connectivity index (χ1v) is 5.35. The molecule has 0 radical (unpaired) electrons. The molecule has 1 rings (SSSR count). The minimum Gasteiger partial charge on any atom is -0.450 e. The van der Waals surface area contributed by atoms with E-state index in [4.69, 9.17) is 40.2 Å². The van der Waals surface area contributed by atoms with E-state index in [1.807, 2.05) is 0 Å². The standard InChI is InChI=1S/C7H7Cl2N3O3S/c1-4-10-2-6(12(13)14)11(4)7(16)15-3-5(8)9/h2,5H,3H2,1H3. The molecular weight excluding hydrogens is 277 g/mol. The fraction of sp³-hybridized carbons (Fsp3) is 0.429. The Morgan fingerprint density at radius 3 is 2.94 bits per heavy atom. The minimum absolute atomic E-state index is 0.0449. The molecule has 0 N–H and O–H groups in total. The van der Waals surface area contributed by atoms with E-state index in [1.54, 1.807) is 6.92 Å². The van der Waals surface area contributed by atoms with Crippen molar-refractivity contribution in [1.82, 2.24) is 9.55 Å². The zero-order valence-corrected chi connectivity index (χ0v) is 10.4. The van der Waals surface area contributed by atoms with Crippen LogP contribution in [-0.2, 0) is 4.74 Å². The first-order valence-electron chi connectivity index (χ1n) is 4.07. The Kier molecular flexibility index (Phi) is 4.45. The van der Waals surface area contributed by atoms with Gasteiger partial charge < -0.3 is 14.9 Å². The van der Waals surface area contributed by atoms with Crippen molar-refractivity contribution >= 4 is 46.4 Å². The fourth-order valence-corrected chi connectivity index (χ4v) is 1.41. The van der Waals surface area contributed by atoms with Crippen LogP contribution in [0, 0.1) is 17.0 Å². The van der Waals surface area contributed by atoms with E-state index in [1.165, 1.54) is 0 Å². The minimum atomic E-state index is -0.749. The van der Waals surface area contributed by atoms with Crippen molar-refractivity contribution < 1.29 is 9.66 Å². The molecule has 0 spiro atoms. The number of aromatic nitrogens is 2. The summed E-state index contributed by atoms with van der Waals surface area (Å²) in [5.41, 5.74) is 0. The molecule has 0 saturated carbocycles. The maximum absolute atomic E-state index is 10.7. The van der Waals surface area contributed by atoms with Crippen molar-refractivity contribution in [3.63, 3.8) is 0 Å². The summed E-state index contributed by atoms with van der Waals surface area (Å²) < 4.78 is 6.11. The first kappa shape index (κ1) is 13.1. The van der Waals surface area contributed by atoms with Crippen LogP contribution in [0.25, 0.3) is 0 Å². The molecule has 88 valence electrons. The highest BCUT2D eigenvalue weighted by atomic mass is 35.5. The van der Waals surface area contributed by atoms with Gasteiger partial charge in [-0.1, -0.05) is 0 Å². The molecule has 0 fully saturated rings. The van der Waals surface area contributed by atoms with Gasteiger partial charge in [0, 0.05) is 19.1 Å². The van der Waals surface area contributed by atoms with Gasteiger partial charge >= 0.3 is 11.0 Å². The molecule has 1 heterocycles. The number of ether oxygens (including phenoxy) is 1. The number of nitrogens with zero attached hydrogens (tertiary/aromatic N) is 3. The second kappa shape index (κ2) is 5.42. The molecule has 0 aliphatic rings. The van der Waals surface area contributed by atoms with Crippen molar-refractivity contribution in [3.8, 4) is 0 Å². The Labute approximate surface area is 106 Å². The SMILES string of the molecule is Cc1ncc([N+](=O)[O-])n1C(=S)OCC(Cl)Cl. The second-order valence-electron chi connectivity index (χ2n) is 2.72. The Morgan fingerprint density at radius 2 is 2.44 bits per heavy atom. The van der Waals surface area contributed by atoms with Crippen molar-refractivity contribution in [2.75, 3.05) is 6.61 Å². The number of aryl methyl sites for hydroxylation is 1. The van der Waals surface area contributed by atoms with Crippen LogP contribution >= 0.6 is 35.4 Å². The average Bonchev–Trinajstić information content (AvgIpc) is 2.56. The smallest absolute Gasteiger partial charge is 0.362 e. The van der Waals surface area contributed by atoms with Crippen LogP contribution in [0.2, 0.25) is 0 Å².